The molecule has 3 aliphatic rings. The van der Waals surface area contributed by atoms with Crippen LogP contribution in [0.3, 0.4) is 0 Å². The summed E-state index contributed by atoms with van der Waals surface area (Å²) in [5, 5.41) is 3.05. The second-order valence-electron chi connectivity index (χ2n) is 8.38. The Bertz CT molecular complexity index is 996. The van der Waals surface area contributed by atoms with Crippen molar-refractivity contribution in [3.8, 4) is 17.2 Å². The number of hydrogen-bond donors (Lipinski definition) is 1. The predicted molar refractivity (Wildman–Crippen MR) is 110 cm³/mol. The number of hydrogen-bond acceptors (Lipinski definition) is 5. The van der Waals surface area contributed by atoms with Crippen molar-refractivity contribution in [2.75, 3.05) is 14.2 Å². The largest absolute Gasteiger partial charge is 0.496 e. The van der Waals surface area contributed by atoms with Crippen LogP contribution in [0.5, 0.6) is 17.2 Å². The first kappa shape index (κ1) is 19.0. The number of Topliss-reactive ketones (excluding diaryl/α,β-unsaturated/α-hetero) is 1. The zero-order chi connectivity index (χ0) is 20.9. The van der Waals surface area contributed by atoms with E-state index in [9.17, 15) is 9.59 Å². The van der Waals surface area contributed by atoms with E-state index in [1.54, 1.807) is 14.2 Å². The van der Waals surface area contributed by atoms with Gasteiger partial charge in [-0.3, -0.25) is 9.59 Å². The molecule has 2 aromatic carbocycles. The molecule has 156 valence electrons. The molecule has 6 nitrogen and oxygen atoms in total. The van der Waals surface area contributed by atoms with Crippen molar-refractivity contribution < 1.29 is 23.8 Å². The van der Waals surface area contributed by atoms with Crippen LogP contribution in [0, 0.1) is 17.8 Å². The molecule has 1 N–H and O–H groups in total. The molecule has 2 fully saturated rings. The topological polar surface area (TPSA) is 73.9 Å². The van der Waals surface area contributed by atoms with Crippen molar-refractivity contribution in [2.45, 2.75) is 31.4 Å². The number of fused-ring (bicyclic) bond motifs is 3. The normalized spacial score (nSPS) is 28.3. The average Bonchev–Trinajstić information content (AvgIpc) is 3.42. The summed E-state index contributed by atoms with van der Waals surface area (Å²) >= 11 is 0. The molecule has 6 heteroatoms. The van der Waals surface area contributed by atoms with E-state index in [0.717, 1.165) is 18.4 Å². The van der Waals surface area contributed by atoms with E-state index in [0.29, 0.717) is 35.8 Å². The second-order valence-corrected chi connectivity index (χ2v) is 8.38. The summed E-state index contributed by atoms with van der Waals surface area (Å²) in [7, 11) is 3.20. The van der Waals surface area contributed by atoms with Gasteiger partial charge in [0.1, 0.15) is 22.8 Å². The highest BCUT2D eigenvalue weighted by atomic mass is 16.5. The van der Waals surface area contributed by atoms with Crippen molar-refractivity contribution in [3.63, 3.8) is 0 Å². The molecule has 0 aromatic heterocycles. The van der Waals surface area contributed by atoms with Gasteiger partial charge in [0.05, 0.1) is 38.3 Å². The minimum atomic E-state index is -0.541. The number of methoxy groups -OCH3 is 2. The summed E-state index contributed by atoms with van der Waals surface area (Å²) in [5.74, 6) is 2.39. The molecule has 0 saturated heterocycles. The van der Waals surface area contributed by atoms with Crippen molar-refractivity contribution in [3.05, 3.63) is 53.6 Å². The fourth-order valence-corrected chi connectivity index (χ4v) is 5.51. The Balaban J connectivity index is 1.31. The number of ether oxygens (including phenoxy) is 3. The highest BCUT2D eigenvalue weighted by Crippen LogP contribution is 2.65. The molecular formula is C24H25NO5. The van der Waals surface area contributed by atoms with Crippen LogP contribution < -0.4 is 19.5 Å². The third-order valence-corrected chi connectivity index (χ3v) is 6.91. The highest BCUT2D eigenvalue weighted by molar-refractivity contribution is 6.00. The maximum Gasteiger partial charge on any atom is 0.224 e. The number of carbonyl (C=O) groups excluding carboxylic acids is 2. The molecule has 1 spiro atoms. The maximum absolute atomic E-state index is 13.0. The molecule has 1 aliphatic heterocycles. The summed E-state index contributed by atoms with van der Waals surface area (Å²) in [6.07, 6.45) is 2.10. The average molecular weight is 407 g/mol. The Morgan fingerprint density at radius 2 is 1.87 bits per heavy atom. The minimum absolute atomic E-state index is 0.00643. The zero-order valence-corrected chi connectivity index (χ0v) is 17.1. The van der Waals surface area contributed by atoms with Gasteiger partial charge < -0.3 is 19.5 Å². The van der Waals surface area contributed by atoms with Crippen LogP contribution in [0.1, 0.15) is 35.2 Å². The van der Waals surface area contributed by atoms with Gasteiger partial charge in [0.2, 0.25) is 5.91 Å². The number of benzene rings is 2. The Hall–Kier alpha value is -3.02. The summed E-state index contributed by atoms with van der Waals surface area (Å²) in [6.45, 7) is 0.331. The summed E-state index contributed by atoms with van der Waals surface area (Å²) in [6, 6.07) is 13.0. The van der Waals surface area contributed by atoms with E-state index in [4.69, 9.17) is 14.2 Å². The number of ketones is 1. The number of carbonyl (C=O) groups is 2. The molecule has 2 aliphatic carbocycles. The van der Waals surface area contributed by atoms with Gasteiger partial charge >= 0.3 is 0 Å². The van der Waals surface area contributed by atoms with Crippen LogP contribution in [0.2, 0.25) is 0 Å². The quantitative estimate of drug-likeness (QED) is 0.823. The predicted octanol–water partition coefficient (Wildman–Crippen LogP) is 3.38. The first-order valence-corrected chi connectivity index (χ1v) is 10.4. The molecule has 30 heavy (non-hydrogen) atoms. The Kier molecular flexibility index (Phi) is 4.45. The third kappa shape index (κ3) is 2.85. The van der Waals surface area contributed by atoms with E-state index in [1.165, 1.54) is 0 Å². The van der Waals surface area contributed by atoms with Crippen LogP contribution >= 0.6 is 0 Å². The molecule has 0 radical (unpaired) electrons. The Morgan fingerprint density at radius 1 is 1.13 bits per heavy atom. The van der Waals surface area contributed by atoms with Crippen molar-refractivity contribution in [2.24, 2.45) is 17.8 Å². The summed E-state index contributed by atoms with van der Waals surface area (Å²) in [4.78, 5) is 25.7. The molecule has 2 saturated carbocycles. The van der Waals surface area contributed by atoms with E-state index in [2.05, 4.69) is 5.32 Å². The number of para-hydroxylation sites is 1. The van der Waals surface area contributed by atoms with E-state index >= 15 is 0 Å². The van der Waals surface area contributed by atoms with Crippen molar-refractivity contribution >= 4 is 11.7 Å². The van der Waals surface area contributed by atoms with Gasteiger partial charge in [-0.15, -0.1) is 0 Å². The molecule has 0 bridgehead atoms. The lowest BCUT2D eigenvalue weighted by Crippen LogP contribution is -2.44. The zero-order valence-electron chi connectivity index (χ0n) is 17.1. The van der Waals surface area contributed by atoms with Gasteiger partial charge in [0.25, 0.3) is 0 Å². The Labute approximate surface area is 175 Å². The lowest BCUT2D eigenvalue weighted by Gasteiger charge is -2.37. The fraction of sp³-hybridized carbons (Fsp3) is 0.417. The van der Waals surface area contributed by atoms with Gasteiger partial charge in [-0.2, -0.15) is 0 Å². The SMILES string of the molecule is COc1cccc(OC)c1CNC(=O)[C@@H]1[C@@H]2CC[C@@]3(CC(=O)c4ccccc4O3)[C@H]21. The first-order valence-electron chi connectivity index (χ1n) is 10.4. The lowest BCUT2D eigenvalue weighted by molar-refractivity contribution is -0.124. The highest BCUT2D eigenvalue weighted by Gasteiger charge is 2.70. The van der Waals surface area contributed by atoms with E-state index in [1.807, 2.05) is 42.5 Å². The van der Waals surface area contributed by atoms with Crippen LogP contribution in [-0.4, -0.2) is 31.5 Å². The molecule has 1 heterocycles. The summed E-state index contributed by atoms with van der Waals surface area (Å²) in [5.41, 5.74) is 0.922. The van der Waals surface area contributed by atoms with Gasteiger partial charge in [0, 0.05) is 11.8 Å². The molecule has 0 unspecified atom stereocenters. The van der Waals surface area contributed by atoms with Gasteiger partial charge in [-0.25, -0.2) is 0 Å². The van der Waals surface area contributed by atoms with Gasteiger partial charge in [0.15, 0.2) is 5.78 Å². The lowest BCUT2D eigenvalue weighted by atomic mass is 9.84. The fourth-order valence-electron chi connectivity index (χ4n) is 5.51. The summed E-state index contributed by atoms with van der Waals surface area (Å²) < 4.78 is 17.2. The van der Waals surface area contributed by atoms with Crippen molar-refractivity contribution in [1.29, 1.82) is 0 Å². The van der Waals surface area contributed by atoms with Crippen LogP contribution in [-0.2, 0) is 11.3 Å². The standard InChI is InChI=1S/C24H25NO5/c1-28-18-8-5-9-19(29-2)16(18)13-25-23(27)21-15-10-11-24(22(15)21)12-17(26)14-6-3-4-7-20(14)30-24/h3-9,15,21-22H,10-13H2,1-2H3,(H,25,27)/t15-,21+,22+,24+/m0/s1. The third-order valence-electron chi connectivity index (χ3n) is 6.91. The van der Waals surface area contributed by atoms with Crippen LogP contribution in [0.15, 0.2) is 42.5 Å². The number of rotatable bonds is 5. The molecular weight excluding hydrogens is 382 g/mol. The monoisotopic (exact) mass is 407 g/mol. The molecule has 2 aromatic rings. The molecule has 1 amide bonds. The Morgan fingerprint density at radius 3 is 2.60 bits per heavy atom. The minimum Gasteiger partial charge on any atom is -0.496 e. The van der Waals surface area contributed by atoms with Gasteiger partial charge in [-0.1, -0.05) is 18.2 Å². The van der Waals surface area contributed by atoms with Crippen LogP contribution in [0.4, 0.5) is 0 Å². The molecule has 4 atom stereocenters. The number of amides is 1. The van der Waals surface area contributed by atoms with Gasteiger partial charge in [-0.05, 0) is 43.0 Å². The molecule has 5 rings (SSSR count). The van der Waals surface area contributed by atoms with E-state index in [-0.39, 0.29) is 29.4 Å². The van der Waals surface area contributed by atoms with E-state index < -0.39 is 5.60 Å². The smallest absolute Gasteiger partial charge is 0.224 e. The maximum atomic E-state index is 13.0. The van der Waals surface area contributed by atoms with Crippen molar-refractivity contribution in [1.82, 2.24) is 5.32 Å². The second kappa shape index (κ2) is 7.04. The van der Waals surface area contributed by atoms with Crippen LogP contribution in [0.25, 0.3) is 0 Å². The first-order chi connectivity index (χ1) is 14.6. The number of nitrogens with one attached hydrogen (secondary N) is 1.